The molecule has 6 nitrogen and oxygen atoms in total. The molecule has 1 fully saturated rings. The van der Waals surface area contributed by atoms with Crippen LogP contribution in [-0.2, 0) is 21.0 Å². The number of anilines is 2. The number of amides is 1. The first-order valence-corrected chi connectivity index (χ1v) is 12.5. The summed E-state index contributed by atoms with van der Waals surface area (Å²) in [5.41, 5.74) is 1.23. The first-order chi connectivity index (χ1) is 15.5. The fourth-order valence-electron chi connectivity index (χ4n) is 3.93. The van der Waals surface area contributed by atoms with Crippen LogP contribution in [0.15, 0.2) is 48.5 Å². The number of benzene rings is 2. The van der Waals surface area contributed by atoms with E-state index in [4.69, 9.17) is 0 Å². The molecule has 1 saturated heterocycles. The lowest BCUT2D eigenvalue weighted by atomic mass is 10.1. The predicted octanol–water partition coefficient (Wildman–Crippen LogP) is 3.91. The molecular weight excluding hydrogens is 455 g/mol. The van der Waals surface area contributed by atoms with Crippen molar-refractivity contribution in [3.05, 3.63) is 59.7 Å². The van der Waals surface area contributed by atoms with Gasteiger partial charge < -0.3 is 9.80 Å². The summed E-state index contributed by atoms with van der Waals surface area (Å²) in [7, 11) is -3.49. The summed E-state index contributed by atoms with van der Waals surface area (Å²) in [5.74, 6) is -0.0862. The molecule has 0 radical (unpaired) electrons. The second-order valence-corrected chi connectivity index (χ2v) is 10.0. The van der Waals surface area contributed by atoms with Gasteiger partial charge in [-0.25, -0.2) is 8.42 Å². The van der Waals surface area contributed by atoms with E-state index in [0.717, 1.165) is 24.0 Å². The highest BCUT2D eigenvalue weighted by atomic mass is 32.2. The molecule has 33 heavy (non-hydrogen) atoms. The highest BCUT2D eigenvalue weighted by Crippen LogP contribution is 2.32. The number of nitrogens with zero attached hydrogens (tertiary/aromatic N) is 3. The van der Waals surface area contributed by atoms with Gasteiger partial charge in [-0.2, -0.15) is 13.2 Å². The molecule has 0 aromatic heterocycles. The third-order valence-corrected chi connectivity index (χ3v) is 6.89. The number of alkyl halides is 3. The third kappa shape index (κ3) is 6.40. The fraction of sp³-hybridized carbons (Fsp3) is 0.435. The fourth-order valence-corrected chi connectivity index (χ4v) is 4.96. The van der Waals surface area contributed by atoms with E-state index in [1.165, 1.54) is 10.4 Å². The van der Waals surface area contributed by atoms with E-state index in [0.29, 0.717) is 44.0 Å². The third-order valence-electron chi connectivity index (χ3n) is 5.71. The topological polar surface area (TPSA) is 60.9 Å². The molecule has 180 valence electrons. The minimum atomic E-state index is -4.40. The summed E-state index contributed by atoms with van der Waals surface area (Å²) in [6.45, 7) is 3.71. The molecule has 2 aromatic rings. The van der Waals surface area contributed by atoms with Crippen molar-refractivity contribution in [3.63, 3.8) is 0 Å². The maximum atomic E-state index is 13.0. The summed E-state index contributed by atoms with van der Waals surface area (Å²) < 4.78 is 64.8. The van der Waals surface area contributed by atoms with Gasteiger partial charge >= 0.3 is 6.18 Å². The quantitative estimate of drug-likeness (QED) is 0.599. The van der Waals surface area contributed by atoms with Gasteiger partial charge in [0.1, 0.15) is 0 Å². The highest BCUT2D eigenvalue weighted by molar-refractivity contribution is 7.92. The molecule has 10 heteroatoms. The average molecular weight is 484 g/mol. The monoisotopic (exact) mass is 483 g/mol. The summed E-state index contributed by atoms with van der Waals surface area (Å²) in [6.07, 6.45) is -2.68. The van der Waals surface area contributed by atoms with Crippen molar-refractivity contribution in [2.45, 2.75) is 25.9 Å². The van der Waals surface area contributed by atoms with Gasteiger partial charge in [-0.05, 0) is 43.2 Å². The Morgan fingerprint density at radius 3 is 2.30 bits per heavy atom. The lowest BCUT2D eigenvalue weighted by molar-refractivity contribution is -0.137. The molecule has 1 aliphatic rings. The van der Waals surface area contributed by atoms with Crippen LogP contribution >= 0.6 is 0 Å². The average Bonchev–Trinajstić information content (AvgIpc) is 2.76. The number of piperazine rings is 1. The Bertz CT molecular complexity index is 1080. The maximum absolute atomic E-state index is 13.0. The van der Waals surface area contributed by atoms with Crippen molar-refractivity contribution in [2.75, 3.05) is 48.2 Å². The Morgan fingerprint density at radius 1 is 1.03 bits per heavy atom. The minimum absolute atomic E-state index is 0.0862. The van der Waals surface area contributed by atoms with E-state index >= 15 is 0 Å². The largest absolute Gasteiger partial charge is 0.416 e. The van der Waals surface area contributed by atoms with Crippen LogP contribution in [-0.4, -0.2) is 58.2 Å². The maximum Gasteiger partial charge on any atom is 0.416 e. The predicted molar refractivity (Wildman–Crippen MR) is 123 cm³/mol. The van der Waals surface area contributed by atoms with Gasteiger partial charge in [-0.3, -0.25) is 9.10 Å². The molecule has 0 unspecified atom stereocenters. The first-order valence-electron chi connectivity index (χ1n) is 10.7. The standard InChI is InChI=1S/C23H28F3N3O3S/c1-18-7-3-4-10-21(18)29(33(2,31)32)12-6-11-22(30)28-15-13-27(14-16-28)20-9-5-8-19(17-20)23(24,25)26/h3-5,7-10,17H,6,11-16H2,1-2H3. The van der Waals surface area contributed by atoms with Crippen molar-refractivity contribution in [2.24, 2.45) is 0 Å². The Morgan fingerprint density at radius 2 is 1.70 bits per heavy atom. The number of carbonyl (C=O) groups is 1. The minimum Gasteiger partial charge on any atom is -0.368 e. The van der Waals surface area contributed by atoms with E-state index in [-0.39, 0.29) is 18.9 Å². The Kier molecular flexibility index (Phi) is 7.56. The highest BCUT2D eigenvalue weighted by Gasteiger charge is 2.31. The number of hydrogen-bond acceptors (Lipinski definition) is 4. The van der Waals surface area contributed by atoms with Crippen LogP contribution in [0.25, 0.3) is 0 Å². The summed E-state index contributed by atoms with van der Waals surface area (Å²) in [5, 5.41) is 0. The normalized spacial score (nSPS) is 14.9. The number of hydrogen-bond donors (Lipinski definition) is 0. The van der Waals surface area contributed by atoms with Crippen LogP contribution in [0.4, 0.5) is 24.5 Å². The lowest BCUT2D eigenvalue weighted by Crippen LogP contribution is -2.49. The second-order valence-electron chi connectivity index (χ2n) is 8.14. The number of para-hydroxylation sites is 1. The van der Waals surface area contributed by atoms with Crippen molar-refractivity contribution < 1.29 is 26.4 Å². The molecule has 0 N–H and O–H groups in total. The van der Waals surface area contributed by atoms with Crippen LogP contribution < -0.4 is 9.21 Å². The molecule has 0 bridgehead atoms. The van der Waals surface area contributed by atoms with Gasteiger partial charge in [0.05, 0.1) is 17.5 Å². The van der Waals surface area contributed by atoms with Gasteiger partial charge in [-0.1, -0.05) is 24.3 Å². The molecular formula is C23H28F3N3O3S. The smallest absolute Gasteiger partial charge is 0.368 e. The molecule has 0 saturated carbocycles. The number of halogens is 3. The van der Waals surface area contributed by atoms with Crippen molar-refractivity contribution in [3.8, 4) is 0 Å². The Hall–Kier alpha value is -2.75. The Labute approximate surface area is 192 Å². The number of sulfonamides is 1. The molecule has 3 rings (SSSR count). The van der Waals surface area contributed by atoms with E-state index < -0.39 is 21.8 Å². The zero-order valence-corrected chi connectivity index (χ0v) is 19.5. The first kappa shape index (κ1) is 24.9. The van der Waals surface area contributed by atoms with E-state index in [1.54, 1.807) is 23.1 Å². The molecule has 0 atom stereocenters. The van der Waals surface area contributed by atoms with E-state index in [2.05, 4.69) is 0 Å². The number of rotatable bonds is 7. The van der Waals surface area contributed by atoms with E-state index in [1.807, 2.05) is 24.0 Å². The molecule has 1 amide bonds. The zero-order valence-electron chi connectivity index (χ0n) is 18.7. The van der Waals surface area contributed by atoms with Crippen LogP contribution in [0, 0.1) is 6.92 Å². The SMILES string of the molecule is Cc1ccccc1N(CCCC(=O)N1CCN(c2cccc(C(F)(F)F)c2)CC1)S(C)(=O)=O. The van der Waals surface area contributed by atoms with Gasteiger partial charge in [0.15, 0.2) is 0 Å². The molecule has 2 aromatic carbocycles. The molecule has 0 spiro atoms. The summed E-state index contributed by atoms with van der Waals surface area (Å²) in [6, 6.07) is 12.4. The van der Waals surface area contributed by atoms with Crippen LogP contribution in [0.5, 0.6) is 0 Å². The van der Waals surface area contributed by atoms with Crippen LogP contribution in [0.3, 0.4) is 0 Å². The van der Waals surface area contributed by atoms with Crippen LogP contribution in [0.2, 0.25) is 0 Å². The Balaban J connectivity index is 1.54. The van der Waals surface area contributed by atoms with Crippen molar-refractivity contribution in [1.29, 1.82) is 0 Å². The van der Waals surface area contributed by atoms with Gasteiger partial charge in [0.25, 0.3) is 0 Å². The van der Waals surface area contributed by atoms with Gasteiger partial charge in [0, 0.05) is 44.8 Å². The summed E-state index contributed by atoms with van der Waals surface area (Å²) in [4.78, 5) is 16.2. The van der Waals surface area contributed by atoms with Crippen LogP contribution in [0.1, 0.15) is 24.0 Å². The molecule has 1 heterocycles. The zero-order chi connectivity index (χ0) is 24.2. The van der Waals surface area contributed by atoms with Gasteiger partial charge in [0.2, 0.25) is 15.9 Å². The van der Waals surface area contributed by atoms with Gasteiger partial charge in [-0.15, -0.1) is 0 Å². The van der Waals surface area contributed by atoms with Crippen molar-refractivity contribution in [1.82, 2.24) is 4.90 Å². The van der Waals surface area contributed by atoms with E-state index in [9.17, 15) is 26.4 Å². The molecule has 1 aliphatic heterocycles. The van der Waals surface area contributed by atoms with Crippen molar-refractivity contribution >= 4 is 27.3 Å². The number of carbonyl (C=O) groups excluding carboxylic acids is 1. The summed E-state index contributed by atoms with van der Waals surface area (Å²) >= 11 is 0. The second kappa shape index (κ2) is 10.0. The number of aryl methyl sites for hydroxylation is 1. The molecule has 0 aliphatic carbocycles. The lowest BCUT2D eigenvalue weighted by Gasteiger charge is -2.36.